The third-order valence-corrected chi connectivity index (χ3v) is 5.17. The Kier molecular flexibility index (Phi) is 6.81. The highest BCUT2D eigenvalue weighted by Crippen LogP contribution is 2.32. The number of nitrogens with zero attached hydrogens (tertiary/aromatic N) is 4. The SMILES string of the molecule is CCOC(=O)c1cn(-c2ccnc(NC(C)c3ccccc3)n2)c(-c2cccc(C(F)(F)F)c2)n1. The van der Waals surface area contributed by atoms with E-state index in [2.05, 4.69) is 20.3 Å². The van der Waals surface area contributed by atoms with E-state index < -0.39 is 17.7 Å². The molecular weight excluding hydrogens is 459 g/mol. The first kappa shape index (κ1) is 23.9. The average molecular weight is 481 g/mol. The predicted octanol–water partition coefficient (Wildman–Crippen LogP) is 5.70. The second kappa shape index (κ2) is 9.96. The molecule has 0 bridgehead atoms. The number of rotatable bonds is 7. The zero-order valence-corrected chi connectivity index (χ0v) is 19.0. The van der Waals surface area contributed by atoms with Crippen LogP contribution in [0.1, 0.15) is 41.5 Å². The van der Waals surface area contributed by atoms with Crippen LogP contribution in [0.5, 0.6) is 0 Å². The van der Waals surface area contributed by atoms with Crippen molar-refractivity contribution in [3.63, 3.8) is 0 Å². The zero-order chi connectivity index (χ0) is 25.0. The van der Waals surface area contributed by atoms with E-state index in [0.717, 1.165) is 17.7 Å². The van der Waals surface area contributed by atoms with Gasteiger partial charge < -0.3 is 10.1 Å². The minimum Gasteiger partial charge on any atom is -0.461 e. The molecule has 1 atom stereocenters. The number of alkyl halides is 3. The lowest BCUT2D eigenvalue weighted by Gasteiger charge is -2.15. The molecule has 0 saturated carbocycles. The van der Waals surface area contributed by atoms with Crippen LogP contribution in [0.2, 0.25) is 0 Å². The van der Waals surface area contributed by atoms with Crippen molar-refractivity contribution in [2.24, 2.45) is 0 Å². The first-order valence-corrected chi connectivity index (χ1v) is 10.9. The molecule has 2 aromatic carbocycles. The Balaban J connectivity index is 1.75. The number of ether oxygens (including phenoxy) is 1. The Hall–Kier alpha value is -4.21. The van der Waals surface area contributed by atoms with Crippen LogP contribution < -0.4 is 5.32 Å². The van der Waals surface area contributed by atoms with Crippen LogP contribution in [-0.4, -0.2) is 32.1 Å². The summed E-state index contributed by atoms with van der Waals surface area (Å²) in [5.74, 6) is 0.0444. The van der Waals surface area contributed by atoms with Gasteiger partial charge >= 0.3 is 12.1 Å². The maximum absolute atomic E-state index is 13.3. The predicted molar refractivity (Wildman–Crippen MR) is 124 cm³/mol. The highest BCUT2D eigenvalue weighted by molar-refractivity contribution is 5.88. The van der Waals surface area contributed by atoms with Crippen molar-refractivity contribution in [1.82, 2.24) is 19.5 Å². The highest BCUT2D eigenvalue weighted by Gasteiger charge is 2.31. The molecule has 0 fully saturated rings. The summed E-state index contributed by atoms with van der Waals surface area (Å²) in [5.41, 5.74) is 0.313. The first-order chi connectivity index (χ1) is 16.8. The molecule has 1 N–H and O–H groups in total. The molecule has 0 amide bonds. The fraction of sp³-hybridized carbons (Fsp3) is 0.200. The number of aromatic nitrogens is 4. The van der Waals surface area contributed by atoms with Crippen molar-refractivity contribution in [2.75, 3.05) is 11.9 Å². The summed E-state index contributed by atoms with van der Waals surface area (Å²) < 4.78 is 46.5. The lowest BCUT2D eigenvalue weighted by Crippen LogP contribution is -2.11. The van der Waals surface area contributed by atoms with Crippen molar-refractivity contribution in [1.29, 1.82) is 0 Å². The molecule has 0 radical (unpaired) electrons. The van der Waals surface area contributed by atoms with E-state index in [4.69, 9.17) is 4.74 Å². The lowest BCUT2D eigenvalue weighted by molar-refractivity contribution is -0.137. The van der Waals surface area contributed by atoms with Crippen LogP contribution in [0.15, 0.2) is 73.1 Å². The maximum Gasteiger partial charge on any atom is 0.416 e. The summed E-state index contributed by atoms with van der Waals surface area (Å²) >= 11 is 0. The van der Waals surface area contributed by atoms with E-state index in [-0.39, 0.29) is 29.7 Å². The maximum atomic E-state index is 13.3. The van der Waals surface area contributed by atoms with Gasteiger partial charge in [-0.25, -0.2) is 14.8 Å². The van der Waals surface area contributed by atoms with Gasteiger partial charge in [0.25, 0.3) is 0 Å². The third-order valence-electron chi connectivity index (χ3n) is 5.17. The topological polar surface area (TPSA) is 81.9 Å². The van der Waals surface area contributed by atoms with Gasteiger partial charge in [0.15, 0.2) is 5.69 Å². The number of imidazole rings is 1. The summed E-state index contributed by atoms with van der Waals surface area (Å²) in [6.45, 7) is 3.73. The molecule has 0 aliphatic rings. The minimum atomic E-state index is -4.53. The van der Waals surface area contributed by atoms with Crippen molar-refractivity contribution in [3.8, 4) is 17.2 Å². The highest BCUT2D eigenvalue weighted by atomic mass is 19.4. The molecule has 180 valence electrons. The molecule has 2 aromatic heterocycles. The largest absolute Gasteiger partial charge is 0.461 e. The number of esters is 1. The van der Waals surface area contributed by atoms with Crippen LogP contribution in [0, 0.1) is 0 Å². The number of nitrogens with one attached hydrogen (secondary N) is 1. The summed E-state index contributed by atoms with van der Waals surface area (Å²) in [6.07, 6.45) is -1.63. The molecule has 7 nitrogen and oxygen atoms in total. The van der Waals surface area contributed by atoms with Crippen LogP contribution in [0.4, 0.5) is 19.1 Å². The Morgan fingerprint density at radius 2 is 1.86 bits per heavy atom. The van der Waals surface area contributed by atoms with Gasteiger partial charge in [0.2, 0.25) is 5.95 Å². The van der Waals surface area contributed by atoms with Crippen LogP contribution >= 0.6 is 0 Å². The van der Waals surface area contributed by atoms with E-state index in [1.54, 1.807) is 13.0 Å². The van der Waals surface area contributed by atoms with Crippen molar-refractivity contribution >= 4 is 11.9 Å². The minimum absolute atomic E-state index is 0.0509. The normalized spacial score (nSPS) is 12.3. The standard InChI is InChI=1S/C25H22F3N5O2/c1-3-35-23(34)20-15-33(22(31-20)18-10-7-11-19(14-18)25(26,27)28)21-12-13-29-24(32-21)30-16(2)17-8-5-4-6-9-17/h4-16H,3H2,1-2H3,(H,29,30,32). The third kappa shape index (κ3) is 5.48. The second-order valence-electron chi connectivity index (χ2n) is 7.63. The Morgan fingerprint density at radius 3 is 2.57 bits per heavy atom. The number of benzene rings is 2. The van der Waals surface area contributed by atoms with E-state index in [9.17, 15) is 18.0 Å². The van der Waals surface area contributed by atoms with Gasteiger partial charge in [0, 0.05) is 18.0 Å². The summed E-state index contributed by atoms with van der Waals surface area (Å²) in [7, 11) is 0. The Bertz CT molecular complexity index is 1320. The van der Waals surface area contributed by atoms with E-state index >= 15 is 0 Å². The second-order valence-corrected chi connectivity index (χ2v) is 7.63. The summed E-state index contributed by atoms with van der Waals surface area (Å²) in [6, 6.07) is 15.9. The Labute approximate surface area is 199 Å². The summed E-state index contributed by atoms with van der Waals surface area (Å²) in [5, 5.41) is 3.21. The fourth-order valence-corrected chi connectivity index (χ4v) is 3.47. The van der Waals surface area contributed by atoms with Crippen LogP contribution in [0.25, 0.3) is 17.2 Å². The van der Waals surface area contributed by atoms with Crippen molar-refractivity contribution in [3.05, 3.63) is 89.9 Å². The number of anilines is 1. The molecule has 0 saturated heterocycles. The number of hydrogen-bond acceptors (Lipinski definition) is 6. The molecule has 0 spiro atoms. The van der Waals surface area contributed by atoms with Crippen molar-refractivity contribution in [2.45, 2.75) is 26.1 Å². The number of halogens is 3. The smallest absolute Gasteiger partial charge is 0.416 e. The van der Waals surface area contributed by atoms with Crippen LogP contribution in [-0.2, 0) is 10.9 Å². The molecule has 4 rings (SSSR count). The molecule has 0 aliphatic carbocycles. The van der Waals surface area contributed by atoms with E-state index in [0.29, 0.717) is 11.8 Å². The molecule has 2 heterocycles. The zero-order valence-electron chi connectivity index (χ0n) is 19.0. The molecule has 0 aliphatic heterocycles. The van der Waals surface area contributed by atoms with Gasteiger partial charge in [-0.2, -0.15) is 18.2 Å². The number of carbonyl (C=O) groups excluding carboxylic acids is 1. The van der Waals surface area contributed by atoms with Gasteiger partial charge in [-0.1, -0.05) is 42.5 Å². The van der Waals surface area contributed by atoms with Crippen molar-refractivity contribution < 1.29 is 22.7 Å². The molecule has 1 unspecified atom stereocenters. The quantitative estimate of drug-likeness (QED) is 0.341. The monoisotopic (exact) mass is 481 g/mol. The lowest BCUT2D eigenvalue weighted by atomic mass is 10.1. The van der Waals surface area contributed by atoms with Gasteiger partial charge in [-0.05, 0) is 37.6 Å². The Morgan fingerprint density at radius 1 is 1.09 bits per heavy atom. The number of carbonyl (C=O) groups is 1. The first-order valence-electron chi connectivity index (χ1n) is 10.9. The van der Waals surface area contributed by atoms with Gasteiger partial charge in [-0.15, -0.1) is 0 Å². The molecule has 4 aromatic rings. The van der Waals surface area contributed by atoms with Crippen LogP contribution in [0.3, 0.4) is 0 Å². The number of hydrogen-bond donors (Lipinski definition) is 1. The van der Waals surface area contributed by atoms with Gasteiger partial charge in [0.05, 0.1) is 18.2 Å². The summed E-state index contributed by atoms with van der Waals surface area (Å²) in [4.78, 5) is 25.4. The average Bonchev–Trinajstić information content (AvgIpc) is 3.30. The van der Waals surface area contributed by atoms with Gasteiger partial charge in [-0.3, -0.25) is 4.57 Å². The van der Waals surface area contributed by atoms with Gasteiger partial charge in [0.1, 0.15) is 11.6 Å². The van der Waals surface area contributed by atoms with E-state index in [1.165, 1.54) is 29.1 Å². The molecular formula is C25H22F3N5O2. The molecule has 10 heteroatoms. The fourth-order valence-electron chi connectivity index (χ4n) is 3.47. The van der Waals surface area contributed by atoms with E-state index in [1.807, 2.05) is 37.3 Å². The molecule has 35 heavy (non-hydrogen) atoms.